The molecular formula is C22H25N5O4S. The topological polar surface area (TPSA) is 96.2 Å². The predicted molar refractivity (Wildman–Crippen MR) is 118 cm³/mol. The zero-order valence-corrected chi connectivity index (χ0v) is 18.4. The van der Waals surface area contributed by atoms with Gasteiger partial charge in [-0.1, -0.05) is 12.1 Å². The van der Waals surface area contributed by atoms with Crippen LogP contribution >= 0.6 is 0 Å². The van der Waals surface area contributed by atoms with Crippen molar-refractivity contribution in [2.75, 3.05) is 39.4 Å². The van der Waals surface area contributed by atoms with Crippen LogP contribution in [0.5, 0.6) is 0 Å². The number of rotatable bonds is 6. The Morgan fingerprint density at radius 2 is 1.81 bits per heavy atom. The number of pyridine rings is 1. The molecule has 0 unspecified atom stereocenters. The normalized spacial score (nSPS) is 18.5. The first-order valence-electron chi connectivity index (χ1n) is 10.6. The lowest BCUT2D eigenvalue weighted by Crippen LogP contribution is -2.57. The van der Waals surface area contributed by atoms with Crippen LogP contribution in [0.2, 0.25) is 0 Å². The lowest BCUT2D eigenvalue weighted by Gasteiger charge is -2.42. The first-order valence-corrected chi connectivity index (χ1v) is 12.1. The summed E-state index contributed by atoms with van der Waals surface area (Å²) >= 11 is 0. The third-order valence-corrected chi connectivity index (χ3v) is 7.99. The molecule has 0 bridgehead atoms. The van der Waals surface area contributed by atoms with Crippen LogP contribution in [0.25, 0.3) is 5.65 Å². The van der Waals surface area contributed by atoms with Gasteiger partial charge >= 0.3 is 0 Å². The molecule has 0 radical (unpaired) electrons. The highest BCUT2D eigenvalue weighted by Crippen LogP contribution is 2.20. The van der Waals surface area contributed by atoms with Gasteiger partial charge in [-0.05, 0) is 29.8 Å². The molecule has 1 amide bonds. The van der Waals surface area contributed by atoms with E-state index in [0.717, 1.165) is 37.5 Å². The van der Waals surface area contributed by atoms with Gasteiger partial charge in [0.25, 0.3) is 5.91 Å². The predicted octanol–water partition coefficient (Wildman–Crippen LogP) is 0.969. The van der Waals surface area contributed by atoms with Gasteiger partial charge in [0.2, 0.25) is 10.0 Å². The molecule has 2 aromatic heterocycles. The van der Waals surface area contributed by atoms with Crippen molar-refractivity contribution in [3.63, 3.8) is 0 Å². The summed E-state index contributed by atoms with van der Waals surface area (Å²) in [4.78, 5) is 19.2. The number of aromatic nitrogens is 2. The third-order valence-electron chi connectivity index (χ3n) is 6.08. The number of hydrogen-bond acceptors (Lipinski definition) is 6. The van der Waals surface area contributed by atoms with Crippen molar-refractivity contribution in [3.8, 4) is 0 Å². The lowest BCUT2D eigenvalue weighted by atomic mass is 10.2. The van der Waals surface area contributed by atoms with E-state index in [0.29, 0.717) is 31.2 Å². The number of nitrogens with zero attached hydrogens (tertiary/aromatic N) is 4. The number of ether oxygens (including phenoxy) is 1. The van der Waals surface area contributed by atoms with E-state index in [1.54, 1.807) is 63.7 Å². The lowest BCUT2D eigenvalue weighted by molar-refractivity contribution is -0.0721. The maximum atomic E-state index is 13.0. The van der Waals surface area contributed by atoms with Crippen molar-refractivity contribution in [1.29, 1.82) is 0 Å². The van der Waals surface area contributed by atoms with E-state index >= 15 is 0 Å². The Morgan fingerprint density at radius 3 is 2.50 bits per heavy atom. The maximum absolute atomic E-state index is 13.0. The highest BCUT2D eigenvalue weighted by molar-refractivity contribution is 7.89. The van der Waals surface area contributed by atoms with Gasteiger partial charge in [-0.3, -0.25) is 9.69 Å². The van der Waals surface area contributed by atoms with E-state index in [1.165, 1.54) is 0 Å². The Labute approximate surface area is 186 Å². The van der Waals surface area contributed by atoms with Crippen LogP contribution in [0.3, 0.4) is 0 Å². The molecule has 32 heavy (non-hydrogen) atoms. The number of piperazine rings is 1. The van der Waals surface area contributed by atoms with Gasteiger partial charge in [0.1, 0.15) is 5.65 Å². The fourth-order valence-corrected chi connectivity index (χ4v) is 5.43. The van der Waals surface area contributed by atoms with Crippen LogP contribution in [0.1, 0.15) is 15.9 Å². The molecule has 2 aliphatic rings. The Kier molecular flexibility index (Phi) is 5.68. The summed E-state index contributed by atoms with van der Waals surface area (Å²) in [5, 5.41) is 2.87. The summed E-state index contributed by atoms with van der Waals surface area (Å²) < 4.78 is 34.6. The Hall–Kier alpha value is -2.79. The number of benzene rings is 1. The Bertz CT molecular complexity index is 1210. The molecule has 0 spiro atoms. The monoisotopic (exact) mass is 455 g/mol. The number of imidazole rings is 1. The molecule has 2 fully saturated rings. The number of carbonyl (C=O) groups is 1. The summed E-state index contributed by atoms with van der Waals surface area (Å²) in [5.41, 5.74) is 2.13. The molecule has 5 rings (SSSR count). The summed E-state index contributed by atoms with van der Waals surface area (Å²) in [6.07, 6.45) is 5.19. The molecule has 0 saturated carbocycles. The Balaban J connectivity index is 1.18. The number of sulfonamides is 1. The smallest absolute Gasteiger partial charge is 0.253 e. The summed E-state index contributed by atoms with van der Waals surface area (Å²) in [7, 11) is -3.53. The van der Waals surface area contributed by atoms with Crippen LogP contribution in [-0.4, -0.2) is 78.3 Å². The van der Waals surface area contributed by atoms with Gasteiger partial charge in [0.05, 0.1) is 29.7 Å². The van der Waals surface area contributed by atoms with E-state index < -0.39 is 10.0 Å². The van der Waals surface area contributed by atoms with E-state index in [4.69, 9.17) is 4.74 Å². The average Bonchev–Trinajstić information content (AvgIpc) is 3.25. The Morgan fingerprint density at radius 1 is 1.06 bits per heavy atom. The van der Waals surface area contributed by atoms with E-state index in [2.05, 4.69) is 15.2 Å². The van der Waals surface area contributed by atoms with E-state index in [-0.39, 0.29) is 10.8 Å². The molecule has 3 aromatic rings. The number of amides is 1. The summed E-state index contributed by atoms with van der Waals surface area (Å²) in [6.45, 7) is 4.20. The standard InChI is InChI=1S/C22H25N5O4S/c28-22(18-3-6-21-23-7-8-26(21)14-18)24-13-17-1-4-20(5-2-17)32(29,30)27-11-9-25(10-12-27)19-15-31-16-19/h1-8,14,19H,9-13,15-16H2,(H,24,28). The van der Waals surface area contributed by atoms with Gasteiger partial charge in [-0.25, -0.2) is 13.4 Å². The molecule has 0 atom stereocenters. The van der Waals surface area contributed by atoms with Gasteiger partial charge in [-0.15, -0.1) is 0 Å². The molecule has 4 heterocycles. The molecular weight excluding hydrogens is 430 g/mol. The molecule has 10 heteroatoms. The molecule has 2 saturated heterocycles. The largest absolute Gasteiger partial charge is 0.378 e. The summed E-state index contributed by atoms with van der Waals surface area (Å²) in [6, 6.07) is 10.7. The van der Waals surface area contributed by atoms with Gasteiger partial charge in [-0.2, -0.15) is 4.31 Å². The van der Waals surface area contributed by atoms with Crippen molar-refractivity contribution < 1.29 is 17.9 Å². The second-order valence-electron chi connectivity index (χ2n) is 8.07. The van der Waals surface area contributed by atoms with Gasteiger partial charge in [0.15, 0.2) is 0 Å². The number of carbonyl (C=O) groups excluding carboxylic acids is 1. The molecule has 9 nitrogen and oxygen atoms in total. The van der Waals surface area contributed by atoms with Crippen molar-refractivity contribution in [2.45, 2.75) is 17.5 Å². The van der Waals surface area contributed by atoms with E-state index in [1.807, 2.05) is 0 Å². The van der Waals surface area contributed by atoms with Crippen molar-refractivity contribution in [1.82, 2.24) is 23.9 Å². The average molecular weight is 456 g/mol. The molecule has 2 aliphatic heterocycles. The maximum Gasteiger partial charge on any atom is 0.253 e. The molecule has 0 aliphatic carbocycles. The van der Waals surface area contributed by atoms with Crippen molar-refractivity contribution >= 4 is 21.6 Å². The summed E-state index contributed by atoms with van der Waals surface area (Å²) in [5.74, 6) is -0.202. The number of fused-ring (bicyclic) bond motifs is 1. The zero-order chi connectivity index (χ0) is 22.1. The first-order chi connectivity index (χ1) is 15.5. The molecule has 168 valence electrons. The molecule has 1 aromatic carbocycles. The number of nitrogens with one attached hydrogen (secondary N) is 1. The quantitative estimate of drug-likeness (QED) is 0.595. The zero-order valence-electron chi connectivity index (χ0n) is 17.6. The highest BCUT2D eigenvalue weighted by Gasteiger charge is 2.33. The molecule has 1 N–H and O–H groups in total. The van der Waals surface area contributed by atoms with Crippen LogP contribution < -0.4 is 5.32 Å². The second-order valence-corrected chi connectivity index (χ2v) is 10.0. The van der Waals surface area contributed by atoms with Gasteiger partial charge < -0.3 is 14.5 Å². The first kappa shape index (κ1) is 21.1. The minimum absolute atomic E-state index is 0.202. The van der Waals surface area contributed by atoms with Crippen LogP contribution in [0, 0.1) is 0 Å². The van der Waals surface area contributed by atoms with Crippen molar-refractivity contribution in [3.05, 3.63) is 66.1 Å². The minimum Gasteiger partial charge on any atom is -0.378 e. The van der Waals surface area contributed by atoms with Crippen LogP contribution in [0.4, 0.5) is 0 Å². The second kappa shape index (κ2) is 8.62. The highest BCUT2D eigenvalue weighted by atomic mass is 32.2. The SMILES string of the molecule is O=C(NCc1ccc(S(=O)(=O)N2CCN(C3COC3)CC2)cc1)c1ccc2nccn2c1. The fraction of sp³-hybridized carbons (Fsp3) is 0.364. The number of hydrogen-bond donors (Lipinski definition) is 1. The van der Waals surface area contributed by atoms with Gasteiger partial charge in [0, 0.05) is 51.3 Å². The fourth-order valence-electron chi connectivity index (χ4n) is 4.01. The van der Waals surface area contributed by atoms with Crippen molar-refractivity contribution in [2.24, 2.45) is 0 Å². The minimum atomic E-state index is -3.53. The third kappa shape index (κ3) is 4.14. The van der Waals surface area contributed by atoms with Crippen LogP contribution in [0.15, 0.2) is 59.9 Å². The van der Waals surface area contributed by atoms with Crippen LogP contribution in [-0.2, 0) is 21.3 Å². The van der Waals surface area contributed by atoms with E-state index in [9.17, 15) is 13.2 Å².